The lowest BCUT2D eigenvalue weighted by Gasteiger charge is -2.25. The Morgan fingerprint density at radius 1 is 0.950 bits per heavy atom. The molecule has 0 spiro atoms. The van der Waals surface area contributed by atoms with Crippen LogP contribution in [0.25, 0.3) is 0 Å². The zero-order valence-corrected chi connectivity index (χ0v) is 12.0. The second kappa shape index (κ2) is 5.84. The Morgan fingerprint density at radius 3 is 2.20 bits per heavy atom. The number of hydrogen-bond acceptors (Lipinski definition) is 1. The molecule has 0 aliphatic carbocycles. The third-order valence-electron chi connectivity index (χ3n) is 3.95. The van der Waals surface area contributed by atoms with Gasteiger partial charge in [0.25, 0.3) is 0 Å². The van der Waals surface area contributed by atoms with Gasteiger partial charge in [-0.1, -0.05) is 36.4 Å². The van der Waals surface area contributed by atoms with Gasteiger partial charge in [0.05, 0.1) is 5.69 Å². The molecule has 2 aromatic carbocycles. The molecule has 0 saturated carbocycles. The summed E-state index contributed by atoms with van der Waals surface area (Å²) in [7, 11) is 0. The summed E-state index contributed by atoms with van der Waals surface area (Å²) in [4.78, 5) is 2.13. The lowest BCUT2D eigenvalue weighted by molar-refractivity contribution is 0.615. The van der Waals surface area contributed by atoms with Gasteiger partial charge in [-0.2, -0.15) is 0 Å². The molecule has 1 nitrogen and oxygen atoms in total. The van der Waals surface area contributed by atoms with Crippen molar-refractivity contribution in [2.75, 3.05) is 18.0 Å². The van der Waals surface area contributed by atoms with Crippen LogP contribution in [-0.4, -0.2) is 13.1 Å². The summed E-state index contributed by atoms with van der Waals surface area (Å²) in [6, 6.07) is 13.6. The summed E-state index contributed by atoms with van der Waals surface area (Å²) in [5, 5.41) is 0. The van der Waals surface area contributed by atoms with Gasteiger partial charge in [0.15, 0.2) is 0 Å². The van der Waals surface area contributed by atoms with E-state index in [0.29, 0.717) is 11.6 Å². The Labute approximate surface area is 124 Å². The van der Waals surface area contributed by atoms with Crippen molar-refractivity contribution in [1.82, 2.24) is 0 Å². The number of anilines is 1. The monoisotopic (exact) mass is 289 g/mol. The Bertz CT molecular complexity index is 585. The number of rotatable bonds is 2. The molecule has 0 radical (unpaired) electrons. The van der Waals surface area contributed by atoms with Crippen molar-refractivity contribution in [3.63, 3.8) is 0 Å². The van der Waals surface area contributed by atoms with Crippen LogP contribution in [0.2, 0.25) is 0 Å². The second-order valence-electron chi connectivity index (χ2n) is 5.14. The Hall–Kier alpha value is -1.54. The van der Waals surface area contributed by atoms with Crippen LogP contribution in [0.5, 0.6) is 0 Å². The third kappa shape index (κ3) is 2.53. The zero-order valence-electron chi connectivity index (χ0n) is 11.3. The van der Waals surface area contributed by atoms with Gasteiger partial charge in [-0.3, -0.25) is 0 Å². The molecule has 2 aromatic rings. The van der Waals surface area contributed by atoms with Crippen molar-refractivity contribution in [2.24, 2.45) is 0 Å². The molecule has 0 amide bonds. The van der Waals surface area contributed by atoms with Gasteiger partial charge in [0.2, 0.25) is 0 Å². The molecule has 1 aliphatic rings. The number of nitrogens with zero attached hydrogens (tertiary/aromatic N) is 1. The van der Waals surface area contributed by atoms with E-state index in [4.69, 9.17) is 11.6 Å². The first-order chi connectivity index (χ1) is 9.79. The number of benzene rings is 2. The molecule has 20 heavy (non-hydrogen) atoms. The van der Waals surface area contributed by atoms with E-state index < -0.39 is 0 Å². The quantitative estimate of drug-likeness (QED) is 0.750. The molecule has 104 valence electrons. The van der Waals surface area contributed by atoms with Crippen molar-refractivity contribution in [3.8, 4) is 0 Å². The lowest BCUT2D eigenvalue weighted by Crippen LogP contribution is -2.28. The van der Waals surface area contributed by atoms with Crippen LogP contribution in [-0.2, 0) is 18.7 Å². The third-order valence-corrected chi connectivity index (χ3v) is 4.24. The van der Waals surface area contributed by atoms with Crippen LogP contribution in [0.1, 0.15) is 16.7 Å². The molecule has 1 heterocycles. The van der Waals surface area contributed by atoms with Crippen LogP contribution in [0, 0.1) is 5.82 Å². The van der Waals surface area contributed by atoms with Gasteiger partial charge in [-0.25, -0.2) is 4.39 Å². The molecular weight excluding hydrogens is 273 g/mol. The predicted octanol–water partition coefficient (Wildman–Crippen LogP) is 4.17. The van der Waals surface area contributed by atoms with Crippen molar-refractivity contribution < 1.29 is 4.39 Å². The number of para-hydroxylation sites is 1. The minimum Gasteiger partial charge on any atom is -0.368 e. The molecule has 0 aromatic heterocycles. The molecular formula is C17H17ClFN. The van der Waals surface area contributed by atoms with Crippen LogP contribution in [0.3, 0.4) is 0 Å². The molecule has 0 atom stereocenters. The van der Waals surface area contributed by atoms with E-state index in [1.165, 1.54) is 17.2 Å². The van der Waals surface area contributed by atoms with E-state index in [2.05, 4.69) is 29.2 Å². The lowest BCUT2D eigenvalue weighted by atomic mass is 10.0. The highest BCUT2D eigenvalue weighted by Gasteiger charge is 2.19. The molecule has 0 N–H and O–H groups in total. The van der Waals surface area contributed by atoms with Gasteiger partial charge in [-0.15, -0.1) is 11.6 Å². The van der Waals surface area contributed by atoms with Gasteiger partial charge in [-0.05, 0) is 35.6 Å². The van der Waals surface area contributed by atoms with E-state index >= 15 is 0 Å². The summed E-state index contributed by atoms with van der Waals surface area (Å²) in [6.45, 7) is 1.67. The number of fused-ring (bicyclic) bond motifs is 1. The normalized spacial score (nSPS) is 14.8. The van der Waals surface area contributed by atoms with E-state index in [0.717, 1.165) is 31.5 Å². The highest BCUT2D eigenvalue weighted by atomic mass is 35.5. The molecule has 0 unspecified atom stereocenters. The Kier molecular flexibility index (Phi) is 3.93. The maximum absolute atomic E-state index is 14.2. The van der Waals surface area contributed by atoms with Crippen molar-refractivity contribution >= 4 is 17.3 Å². The molecule has 1 aliphatic heterocycles. The Balaban J connectivity index is 1.91. The summed E-state index contributed by atoms with van der Waals surface area (Å²) < 4.78 is 14.2. The van der Waals surface area contributed by atoms with Gasteiger partial charge in [0, 0.05) is 19.0 Å². The van der Waals surface area contributed by atoms with Gasteiger partial charge in [0.1, 0.15) is 5.82 Å². The summed E-state index contributed by atoms with van der Waals surface area (Å²) in [6.07, 6.45) is 1.90. The van der Waals surface area contributed by atoms with Crippen LogP contribution in [0.4, 0.5) is 10.1 Å². The van der Waals surface area contributed by atoms with Gasteiger partial charge >= 0.3 is 0 Å². The second-order valence-corrected chi connectivity index (χ2v) is 5.40. The first kappa shape index (κ1) is 13.4. The van der Waals surface area contributed by atoms with Crippen molar-refractivity contribution in [3.05, 3.63) is 65.0 Å². The standard InChI is InChI=1S/C17H17ClFN/c18-12-15-6-3-7-16(19)17(15)20-10-8-13-4-1-2-5-14(13)9-11-20/h1-7H,8-12H2. The molecule has 0 bridgehead atoms. The first-order valence-corrected chi connectivity index (χ1v) is 7.48. The summed E-state index contributed by atoms with van der Waals surface area (Å²) >= 11 is 5.96. The summed E-state index contributed by atoms with van der Waals surface area (Å²) in [5.41, 5.74) is 4.30. The van der Waals surface area contributed by atoms with Crippen LogP contribution >= 0.6 is 11.6 Å². The highest BCUT2D eigenvalue weighted by Crippen LogP contribution is 2.28. The summed E-state index contributed by atoms with van der Waals surface area (Å²) in [5.74, 6) is 0.172. The smallest absolute Gasteiger partial charge is 0.146 e. The van der Waals surface area contributed by atoms with E-state index in [9.17, 15) is 4.39 Å². The molecule has 3 heteroatoms. The van der Waals surface area contributed by atoms with Gasteiger partial charge < -0.3 is 4.90 Å². The average molecular weight is 290 g/mol. The zero-order chi connectivity index (χ0) is 13.9. The largest absolute Gasteiger partial charge is 0.368 e. The maximum Gasteiger partial charge on any atom is 0.146 e. The van der Waals surface area contributed by atoms with E-state index in [1.54, 1.807) is 6.07 Å². The number of halogens is 2. The topological polar surface area (TPSA) is 3.24 Å². The van der Waals surface area contributed by atoms with Crippen molar-refractivity contribution in [2.45, 2.75) is 18.7 Å². The first-order valence-electron chi connectivity index (χ1n) is 6.94. The average Bonchev–Trinajstić information content (AvgIpc) is 2.69. The van der Waals surface area contributed by atoms with Crippen LogP contribution < -0.4 is 4.90 Å². The minimum absolute atomic E-state index is 0.172. The number of alkyl halides is 1. The van der Waals surface area contributed by atoms with E-state index in [-0.39, 0.29) is 5.82 Å². The fraction of sp³-hybridized carbons (Fsp3) is 0.294. The molecule has 0 saturated heterocycles. The van der Waals surface area contributed by atoms with Crippen molar-refractivity contribution in [1.29, 1.82) is 0 Å². The highest BCUT2D eigenvalue weighted by molar-refractivity contribution is 6.17. The Morgan fingerprint density at radius 2 is 1.60 bits per heavy atom. The maximum atomic E-state index is 14.2. The number of hydrogen-bond donors (Lipinski definition) is 0. The molecule has 0 fully saturated rings. The predicted molar refractivity (Wildman–Crippen MR) is 82.0 cm³/mol. The molecule has 3 rings (SSSR count). The minimum atomic E-state index is -0.172. The fourth-order valence-corrected chi connectivity index (χ4v) is 3.13. The fourth-order valence-electron chi connectivity index (χ4n) is 2.91. The SMILES string of the molecule is Fc1cccc(CCl)c1N1CCc2ccccc2CC1. The van der Waals surface area contributed by atoms with Crippen LogP contribution in [0.15, 0.2) is 42.5 Å². The van der Waals surface area contributed by atoms with E-state index in [1.807, 2.05) is 6.07 Å².